The first-order valence-electron chi connectivity index (χ1n) is 42.6. The second-order valence-electron chi connectivity index (χ2n) is 33.6. The van der Waals surface area contributed by atoms with Crippen molar-refractivity contribution in [3.8, 4) is 39.7 Å². The molecule has 12 fully saturated rings. The third-order valence-electron chi connectivity index (χ3n) is 25.6. The van der Waals surface area contributed by atoms with E-state index in [1.54, 1.807) is 0 Å². The van der Waals surface area contributed by atoms with Crippen LogP contribution in [-0.4, -0.2) is 223 Å². The molecular formula is C87H125N3O21S2. The van der Waals surface area contributed by atoms with Crippen LogP contribution in [0.25, 0.3) is 33.4 Å². The second kappa shape index (κ2) is 39.5. The molecule has 0 aromatic heterocycles. The smallest absolute Gasteiger partial charge is 0.261 e. The largest absolute Gasteiger partial charge is 0.744 e. The zero-order valence-electron chi connectivity index (χ0n) is 67.4. The maximum Gasteiger partial charge on any atom is 0.261 e. The highest BCUT2D eigenvalue weighted by atomic mass is 32.2. The molecule has 0 unspecified atom stereocenters. The summed E-state index contributed by atoms with van der Waals surface area (Å²) in [5.41, 5.74) is 2.37. The number of nitrogens with one attached hydrogen (secondary N) is 1. The quantitative estimate of drug-likeness (QED) is 0.0164. The van der Waals surface area contributed by atoms with E-state index in [0.29, 0.717) is 127 Å². The fourth-order valence-corrected chi connectivity index (χ4v) is 23.7. The van der Waals surface area contributed by atoms with E-state index in [2.05, 4.69) is 41.9 Å². The molecule has 3 aromatic carbocycles. The number of hydrogen-bond donors (Lipinski definition) is 1. The first kappa shape index (κ1) is 84.2. The van der Waals surface area contributed by atoms with E-state index in [1.807, 2.05) is 36.4 Å². The molecule has 113 heavy (non-hydrogen) atoms. The van der Waals surface area contributed by atoms with Crippen molar-refractivity contribution in [3.05, 3.63) is 72.1 Å². The molecule has 26 heteroatoms. The number of sulfonamides is 1. The van der Waals surface area contributed by atoms with Crippen molar-refractivity contribution in [1.82, 2.24) is 4.58 Å². The van der Waals surface area contributed by atoms with Gasteiger partial charge in [-0.15, -0.1) is 0 Å². The van der Waals surface area contributed by atoms with Gasteiger partial charge in [0.25, 0.3) is 10.0 Å². The molecular weight excluding hydrogens is 1490 g/mol. The average Bonchev–Trinajstić information content (AvgIpc) is 0.663. The molecule has 13 aliphatic carbocycles. The van der Waals surface area contributed by atoms with Crippen LogP contribution in [0.4, 0.5) is 11.4 Å². The Labute approximate surface area is 669 Å². The Balaban J connectivity index is 0.628. The molecule has 1 N–H and O–H groups in total. The fraction of sp³-hybridized carbons (Fsp3) is 0.713. The van der Waals surface area contributed by atoms with Crippen LogP contribution in [-0.2, 0) is 77.0 Å². The SMILES string of the molecule is CCN(CC)c1ccc2c(-c3ccc(S(=O)(=O)Nc4cc(OCCOCCOCCOCCOC56CC7CC(CC(C7)C5)C6)c(OCCOCCOCCOCCOC56CC7CC(CC(C7)C5)C6)c(OCCOCCOCCOCCOC56CC7CC(CC(C7)C5)C6)c4)cc3S(=O)(=O)[O-])c3ccc(=[N+](CC)CC)cc-3oc2c1. The third-order valence-corrected chi connectivity index (χ3v) is 27.8. The molecule has 14 aliphatic rings. The van der Waals surface area contributed by atoms with Gasteiger partial charge in [-0.2, -0.15) is 0 Å². The lowest BCUT2D eigenvalue weighted by Crippen LogP contribution is -2.52. The lowest BCUT2D eigenvalue weighted by Gasteiger charge is -2.56. The van der Waals surface area contributed by atoms with E-state index in [0.717, 1.165) is 96.6 Å². The first-order valence-corrected chi connectivity index (χ1v) is 45.5. The monoisotopic (exact) mass is 1610 g/mol. The van der Waals surface area contributed by atoms with Crippen molar-refractivity contribution in [2.24, 2.45) is 53.3 Å². The predicted octanol–water partition coefficient (Wildman–Crippen LogP) is 12.8. The average molecular weight is 1610 g/mol. The minimum Gasteiger partial charge on any atom is -0.744 e. The number of anilines is 2. The van der Waals surface area contributed by atoms with Crippen LogP contribution in [0.1, 0.15) is 143 Å². The Hall–Kier alpha value is -5.27. The summed E-state index contributed by atoms with van der Waals surface area (Å²) in [5, 5.41) is 1.41. The van der Waals surface area contributed by atoms with Crippen molar-refractivity contribution in [2.45, 2.75) is 170 Å². The van der Waals surface area contributed by atoms with Crippen LogP contribution in [0, 0.1) is 53.3 Å². The van der Waals surface area contributed by atoms with Gasteiger partial charge in [-0.05, 0) is 227 Å². The van der Waals surface area contributed by atoms with Crippen molar-refractivity contribution < 1.29 is 96.9 Å². The van der Waals surface area contributed by atoms with Crippen LogP contribution < -0.4 is 33.8 Å². The molecule has 0 atom stereocenters. The number of hydrogen-bond acceptors (Lipinski definition) is 22. The summed E-state index contributed by atoms with van der Waals surface area (Å²) < 4.78 is 175. The Morgan fingerprint density at radius 3 is 1.16 bits per heavy atom. The first-order chi connectivity index (χ1) is 55.0. The van der Waals surface area contributed by atoms with E-state index in [-0.39, 0.29) is 105 Å². The van der Waals surface area contributed by atoms with E-state index < -0.39 is 29.9 Å². The van der Waals surface area contributed by atoms with E-state index >= 15 is 0 Å². The number of benzene rings is 4. The van der Waals surface area contributed by atoms with Gasteiger partial charge in [-0.1, -0.05) is 6.07 Å². The van der Waals surface area contributed by atoms with Gasteiger partial charge in [0, 0.05) is 65.1 Å². The molecule has 12 saturated carbocycles. The maximum atomic E-state index is 15.0. The van der Waals surface area contributed by atoms with Gasteiger partial charge in [-0.25, -0.2) is 21.4 Å². The van der Waals surface area contributed by atoms with Crippen LogP contribution in [0.3, 0.4) is 0 Å². The number of ether oxygens (including phenoxy) is 15. The van der Waals surface area contributed by atoms with Gasteiger partial charge < -0.3 is 84.9 Å². The minimum absolute atomic E-state index is 0.00437. The van der Waals surface area contributed by atoms with Crippen LogP contribution in [0.5, 0.6) is 17.2 Å². The molecule has 12 bridgehead atoms. The molecule has 0 amide bonds. The number of fused-ring (bicyclic) bond motifs is 2. The fourth-order valence-electron chi connectivity index (χ4n) is 21.8. The van der Waals surface area contributed by atoms with Gasteiger partial charge >= 0.3 is 0 Å². The summed E-state index contributed by atoms with van der Waals surface area (Å²) in [7, 11) is -10.1. The Kier molecular flexibility index (Phi) is 29.5. The summed E-state index contributed by atoms with van der Waals surface area (Å²) in [6, 6.07) is 17.8. The molecule has 1 aliphatic heterocycles. The van der Waals surface area contributed by atoms with E-state index in [9.17, 15) is 21.4 Å². The molecule has 0 saturated heterocycles. The van der Waals surface area contributed by atoms with Crippen molar-refractivity contribution in [3.63, 3.8) is 0 Å². The number of nitrogens with zero attached hydrogens (tertiary/aromatic N) is 2. The lowest BCUT2D eigenvalue weighted by atomic mass is 9.54. The van der Waals surface area contributed by atoms with Gasteiger partial charge in [0.15, 0.2) is 11.5 Å². The zero-order chi connectivity index (χ0) is 78.3. The molecule has 0 spiro atoms. The summed E-state index contributed by atoms with van der Waals surface area (Å²) in [4.78, 5) is 0.922. The zero-order valence-corrected chi connectivity index (χ0v) is 69.0. The van der Waals surface area contributed by atoms with Crippen molar-refractivity contribution >= 4 is 42.5 Å². The lowest BCUT2D eigenvalue weighted by molar-refractivity contribution is -0.169. The Morgan fingerprint density at radius 2 is 0.788 bits per heavy atom. The predicted molar refractivity (Wildman–Crippen MR) is 428 cm³/mol. The molecule has 3 aromatic rings. The van der Waals surface area contributed by atoms with Crippen molar-refractivity contribution in [2.75, 3.05) is 194 Å². The summed E-state index contributed by atoms with van der Waals surface area (Å²) in [5.74, 6) is 8.19. The Morgan fingerprint density at radius 1 is 0.425 bits per heavy atom. The van der Waals surface area contributed by atoms with Gasteiger partial charge in [0.1, 0.15) is 54.4 Å². The van der Waals surface area contributed by atoms with Crippen molar-refractivity contribution in [1.29, 1.82) is 0 Å². The third kappa shape index (κ3) is 22.0. The number of rotatable bonds is 52. The molecule has 626 valence electrons. The summed E-state index contributed by atoms with van der Waals surface area (Å²) in [6.45, 7) is 19.1. The van der Waals surface area contributed by atoms with E-state index in [4.69, 9.17) is 75.5 Å². The van der Waals surface area contributed by atoms with Gasteiger partial charge in [0.05, 0.1) is 177 Å². The molecule has 24 nitrogen and oxygen atoms in total. The molecule has 0 radical (unpaired) electrons. The van der Waals surface area contributed by atoms with Gasteiger partial charge in [0.2, 0.25) is 11.1 Å². The standard InChI is InChI=1S/C87H125N3O21S2/c1-5-89(6-2)72-9-12-75-78(50-72)111-79-51-73(90(7-3)8-4)10-13-76(79)83(75)77-14-11-74(52-82(77)113(93,94)95)112(91,92)88-71-48-80(105-33-27-99-21-15-96-18-24-102-30-36-108-85-53-62-39-63(54-85)41-64(40-62)55-85)84(107-35-29-101-23-17-98-20-26-104-32-38-110-87-59-68-45-69(60-87)47-70(46-68)61-87)81(49-71)106-34-28-100-22-16-97-19-25-103-31-37-109-86-56-65-42-66(57-86)44-67(43-65)58-86/h9-14,48-52,62-70,88H,5-8,15-47,53-61H2,1-4H3. The Bertz CT molecular complexity index is 3960. The topological polar surface area (TPSA) is 261 Å². The van der Waals surface area contributed by atoms with Crippen LogP contribution in [0.2, 0.25) is 0 Å². The normalized spacial score (nSPS) is 26.5. The molecule has 1 heterocycles. The summed E-state index contributed by atoms with van der Waals surface area (Å²) >= 11 is 0. The van der Waals surface area contributed by atoms with Crippen LogP contribution in [0.15, 0.2) is 80.9 Å². The van der Waals surface area contributed by atoms with Crippen LogP contribution >= 0.6 is 0 Å². The maximum absolute atomic E-state index is 15.0. The highest BCUT2D eigenvalue weighted by Gasteiger charge is 2.54. The van der Waals surface area contributed by atoms with E-state index in [1.165, 1.54) is 140 Å². The van der Waals surface area contributed by atoms with Gasteiger partial charge in [-0.3, -0.25) is 4.72 Å². The highest BCUT2D eigenvalue weighted by Crippen LogP contribution is 2.60. The molecule has 17 rings (SSSR count). The minimum atomic E-state index is -5.38. The highest BCUT2D eigenvalue weighted by molar-refractivity contribution is 7.92. The second-order valence-corrected chi connectivity index (χ2v) is 36.6. The summed E-state index contributed by atoms with van der Waals surface area (Å²) in [6.07, 6.45) is 23.1.